The second kappa shape index (κ2) is 7.93. The number of benzene rings is 1. The van der Waals surface area contributed by atoms with Gasteiger partial charge in [-0.05, 0) is 50.1 Å². The molecule has 0 aliphatic heterocycles. The van der Waals surface area contributed by atoms with Crippen LogP contribution in [-0.4, -0.2) is 30.3 Å². The van der Waals surface area contributed by atoms with Gasteiger partial charge in [-0.3, -0.25) is 9.59 Å². The lowest BCUT2D eigenvalue weighted by atomic mass is 10.1. The van der Waals surface area contributed by atoms with E-state index in [9.17, 15) is 9.59 Å². The van der Waals surface area contributed by atoms with Crippen LogP contribution < -0.4 is 5.32 Å². The quantitative estimate of drug-likeness (QED) is 0.841. The highest BCUT2D eigenvalue weighted by Gasteiger charge is 2.12. The molecule has 0 atom stereocenters. The van der Waals surface area contributed by atoms with E-state index < -0.39 is 0 Å². The average molecular weight is 342 g/mol. The minimum atomic E-state index is -0.205. The monoisotopic (exact) mass is 342 g/mol. The van der Waals surface area contributed by atoms with Gasteiger partial charge in [0.15, 0.2) is 0 Å². The third-order valence-corrected chi connectivity index (χ3v) is 4.62. The van der Waals surface area contributed by atoms with Crippen molar-refractivity contribution in [1.29, 1.82) is 0 Å². The van der Waals surface area contributed by atoms with Gasteiger partial charge in [-0.1, -0.05) is 18.2 Å². The van der Waals surface area contributed by atoms with Crippen molar-refractivity contribution in [1.82, 2.24) is 4.90 Å². The first-order valence-corrected chi connectivity index (χ1v) is 8.54. The largest absolute Gasteiger partial charge is 0.333 e. The van der Waals surface area contributed by atoms with Gasteiger partial charge in [-0.25, -0.2) is 0 Å². The third-order valence-electron chi connectivity index (χ3n) is 3.65. The Bertz CT molecular complexity index is 757. The molecule has 0 aliphatic rings. The van der Waals surface area contributed by atoms with Crippen LogP contribution in [0.1, 0.15) is 20.9 Å². The van der Waals surface area contributed by atoms with Gasteiger partial charge >= 0.3 is 0 Å². The highest BCUT2D eigenvalue weighted by molar-refractivity contribution is 7.12. The summed E-state index contributed by atoms with van der Waals surface area (Å²) < 4.78 is 0. The van der Waals surface area contributed by atoms with Gasteiger partial charge in [0, 0.05) is 28.6 Å². The fourth-order valence-corrected chi connectivity index (χ4v) is 3.09. The SMILES string of the molecule is Cc1ccc(/C=C/C(=O)N(C)CC(=O)Nc2c(C)cccc2C)s1. The highest BCUT2D eigenvalue weighted by atomic mass is 32.1. The van der Waals surface area contributed by atoms with Crippen LogP contribution in [0.25, 0.3) is 6.08 Å². The minimum absolute atomic E-state index is 0.0143. The Morgan fingerprint density at radius 1 is 1.12 bits per heavy atom. The number of aryl methyl sites for hydroxylation is 3. The Hall–Kier alpha value is -2.40. The first kappa shape index (κ1) is 17.9. The predicted molar refractivity (Wildman–Crippen MR) is 100 cm³/mol. The average Bonchev–Trinajstić information content (AvgIpc) is 2.94. The van der Waals surface area contributed by atoms with E-state index in [1.54, 1.807) is 24.5 Å². The summed E-state index contributed by atoms with van der Waals surface area (Å²) in [5.41, 5.74) is 2.82. The molecule has 1 aromatic carbocycles. The second-order valence-corrected chi connectivity index (χ2v) is 7.11. The second-order valence-electron chi connectivity index (χ2n) is 5.79. The van der Waals surface area contributed by atoms with E-state index >= 15 is 0 Å². The molecule has 1 aromatic heterocycles. The smallest absolute Gasteiger partial charge is 0.246 e. The number of amides is 2. The molecule has 0 spiro atoms. The predicted octanol–water partition coefficient (Wildman–Crippen LogP) is 3.78. The number of rotatable bonds is 5. The number of likely N-dealkylation sites (N-methyl/N-ethyl adjacent to an activating group) is 1. The van der Waals surface area contributed by atoms with Crippen molar-refractivity contribution in [2.24, 2.45) is 0 Å². The molecule has 24 heavy (non-hydrogen) atoms. The number of nitrogens with zero attached hydrogens (tertiary/aromatic N) is 1. The Kier molecular flexibility index (Phi) is 5.93. The summed E-state index contributed by atoms with van der Waals surface area (Å²) in [6.07, 6.45) is 3.28. The molecule has 0 saturated carbocycles. The van der Waals surface area contributed by atoms with Crippen molar-refractivity contribution < 1.29 is 9.59 Å². The normalized spacial score (nSPS) is 10.8. The van der Waals surface area contributed by atoms with E-state index in [0.717, 1.165) is 21.7 Å². The first-order valence-electron chi connectivity index (χ1n) is 7.72. The van der Waals surface area contributed by atoms with Crippen molar-refractivity contribution >= 4 is 34.9 Å². The molecule has 0 unspecified atom stereocenters. The first-order chi connectivity index (χ1) is 11.4. The van der Waals surface area contributed by atoms with E-state index in [1.165, 1.54) is 15.9 Å². The number of carbonyl (C=O) groups is 2. The zero-order valence-corrected chi connectivity index (χ0v) is 15.2. The molecule has 1 heterocycles. The lowest BCUT2D eigenvalue weighted by molar-refractivity contribution is -0.129. The Morgan fingerprint density at radius 2 is 1.79 bits per heavy atom. The molecule has 0 saturated heterocycles. The number of carbonyl (C=O) groups excluding carboxylic acids is 2. The Morgan fingerprint density at radius 3 is 2.38 bits per heavy atom. The maximum absolute atomic E-state index is 12.2. The van der Waals surface area contributed by atoms with Crippen molar-refractivity contribution in [3.8, 4) is 0 Å². The van der Waals surface area contributed by atoms with Crippen LogP contribution in [0.4, 0.5) is 5.69 Å². The summed E-state index contributed by atoms with van der Waals surface area (Å²) in [5.74, 6) is -0.402. The van der Waals surface area contributed by atoms with E-state index in [4.69, 9.17) is 0 Å². The standard InChI is InChI=1S/C19H22N2O2S/c1-13-6-5-7-14(2)19(13)20-17(22)12-21(4)18(23)11-10-16-9-8-15(3)24-16/h5-11H,12H2,1-4H3,(H,20,22)/b11-10+. The molecule has 1 N–H and O–H groups in total. The minimum Gasteiger partial charge on any atom is -0.333 e. The van der Waals surface area contributed by atoms with Crippen LogP contribution in [0.2, 0.25) is 0 Å². The lowest BCUT2D eigenvalue weighted by Gasteiger charge is -2.16. The number of anilines is 1. The van der Waals surface area contributed by atoms with Crippen LogP contribution in [0.3, 0.4) is 0 Å². The summed E-state index contributed by atoms with van der Waals surface area (Å²) in [4.78, 5) is 27.9. The van der Waals surface area contributed by atoms with E-state index in [0.29, 0.717) is 0 Å². The summed E-state index contributed by atoms with van der Waals surface area (Å²) in [7, 11) is 1.62. The van der Waals surface area contributed by atoms with Gasteiger partial charge in [0.25, 0.3) is 0 Å². The van der Waals surface area contributed by atoms with Crippen molar-refractivity contribution in [3.63, 3.8) is 0 Å². The third kappa shape index (κ3) is 4.80. The fraction of sp³-hybridized carbons (Fsp3) is 0.263. The van der Waals surface area contributed by atoms with Gasteiger partial charge in [0.1, 0.15) is 0 Å². The molecule has 2 aromatic rings. The van der Waals surface area contributed by atoms with Crippen molar-refractivity contribution in [3.05, 3.63) is 57.3 Å². The molecule has 126 valence electrons. The molecule has 0 fully saturated rings. The lowest BCUT2D eigenvalue weighted by Crippen LogP contribution is -2.34. The van der Waals surface area contributed by atoms with Gasteiger partial charge in [-0.15, -0.1) is 11.3 Å². The topological polar surface area (TPSA) is 49.4 Å². The molecule has 0 radical (unpaired) electrons. The number of thiophene rings is 1. The maximum atomic E-state index is 12.2. The summed E-state index contributed by atoms with van der Waals surface area (Å²) in [6.45, 7) is 5.93. The van der Waals surface area contributed by atoms with Gasteiger partial charge < -0.3 is 10.2 Å². The molecular weight excluding hydrogens is 320 g/mol. The molecule has 2 rings (SSSR count). The molecule has 0 bridgehead atoms. The van der Waals surface area contributed by atoms with Crippen molar-refractivity contribution in [2.75, 3.05) is 18.9 Å². The molecule has 4 nitrogen and oxygen atoms in total. The summed E-state index contributed by atoms with van der Waals surface area (Å²) in [5, 5.41) is 2.89. The van der Waals surface area contributed by atoms with Crippen LogP contribution in [0, 0.1) is 20.8 Å². The van der Waals surface area contributed by atoms with Crippen LogP contribution in [-0.2, 0) is 9.59 Å². The van der Waals surface area contributed by atoms with Crippen LogP contribution in [0.5, 0.6) is 0 Å². The molecular formula is C19H22N2O2S. The Balaban J connectivity index is 1.93. The van der Waals surface area contributed by atoms with Gasteiger partial charge in [0.05, 0.1) is 6.54 Å². The number of nitrogens with one attached hydrogen (secondary N) is 1. The van der Waals surface area contributed by atoms with E-state index in [1.807, 2.05) is 51.1 Å². The number of para-hydroxylation sites is 1. The molecule has 0 aliphatic carbocycles. The van der Waals surface area contributed by atoms with Gasteiger partial charge in [-0.2, -0.15) is 0 Å². The molecule has 2 amide bonds. The zero-order valence-electron chi connectivity index (χ0n) is 14.4. The molecule has 5 heteroatoms. The Labute approximate surface area is 146 Å². The maximum Gasteiger partial charge on any atom is 0.246 e. The number of hydrogen-bond acceptors (Lipinski definition) is 3. The van der Waals surface area contributed by atoms with Crippen LogP contribution in [0.15, 0.2) is 36.4 Å². The van der Waals surface area contributed by atoms with Crippen LogP contribution >= 0.6 is 11.3 Å². The fourth-order valence-electron chi connectivity index (χ4n) is 2.31. The summed E-state index contributed by atoms with van der Waals surface area (Å²) >= 11 is 1.62. The van der Waals surface area contributed by atoms with Gasteiger partial charge in [0.2, 0.25) is 11.8 Å². The number of hydrogen-bond donors (Lipinski definition) is 1. The van der Waals surface area contributed by atoms with Crippen molar-refractivity contribution in [2.45, 2.75) is 20.8 Å². The van der Waals surface area contributed by atoms with E-state index in [2.05, 4.69) is 5.32 Å². The highest BCUT2D eigenvalue weighted by Crippen LogP contribution is 2.19. The zero-order chi connectivity index (χ0) is 17.7. The van der Waals surface area contributed by atoms with E-state index in [-0.39, 0.29) is 18.4 Å². The summed E-state index contributed by atoms with van der Waals surface area (Å²) in [6, 6.07) is 9.83.